The van der Waals surface area contributed by atoms with Gasteiger partial charge in [-0.15, -0.1) is 0 Å². The molecule has 3 nitrogen and oxygen atoms in total. The summed E-state index contributed by atoms with van der Waals surface area (Å²) in [6, 6.07) is 11.3. The molecule has 0 spiro atoms. The molecule has 0 bridgehead atoms. The third-order valence-electron chi connectivity index (χ3n) is 2.36. The van der Waals surface area contributed by atoms with Gasteiger partial charge in [-0.25, -0.2) is 4.39 Å². The van der Waals surface area contributed by atoms with Crippen molar-refractivity contribution in [1.29, 1.82) is 0 Å². The molecule has 0 aliphatic rings. The second-order valence-corrected chi connectivity index (χ2v) is 5.69. The van der Waals surface area contributed by atoms with Crippen LogP contribution in [-0.4, -0.2) is 12.5 Å². The van der Waals surface area contributed by atoms with Crippen molar-refractivity contribution >= 4 is 43.5 Å². The molecule has 20 heavy (non-hydrogen) atoms. The molecule has 0 aromatic heterocycles. The zero-order valence-electron chi connectivity index (χ0n) is 10.2. The summed E-state index contributed by atoms with van der Waals surface area (Å²) < 4.78 is 19.6. The fourth-order valence-electron chi connectivity index (χ4n) is 1.50. The summed E-state index contributed by atoms with van der Waals surface area (Å²) in [5, 5.41) is 2.70. The number of ether oxygens (including phenoxy) is 1. The molecule has 104 valence electrons. The molecule has 0 radical (unpaired) electrons. The van der Waals surface area contributed by atoms with Crippen LogP contribution >= 0.6 is 31.9 Å². The Hall–Kier alpha value is -1.40. The molecule has 0 saturated carbocycles. The number of nitrogens with one attached hydrogen (secondary N) is 1. The van der Waals surface area contributed by atoms with E-state index in [4.69, 9.17) is 4.74 Å². The lowest BCUT2D eigenvalue weighted by molar-refractivity contribution is -0.118. The maximum atomic E-state index is 12.9. The minimum Gasteiger partial charge on any atom is -0.483 e. The molecule has 6 heteroatoms. The molecule has 0 aliphatic heterocycles. The highest BCUT2D eigenvalue weighted by atomic mass is 79.9. The quantitative estimate of drug-likeness (QED) is 0.824. The van der Waals surface area contributed by atoms with Crippen LogP contribution in [0.2, 0.25) is 0 Å². The fourth-order valence-corrected chi connectivity index (χ4v) is 2.36. The number of anilines is 1. The molecule has 0 fully saturated rings. The predicted octanol–water partition coefficient (Wildman–Crippen LogP) is 4.37. The van der Waals surface area contributed by atoms with E-state index in [1.54, 1.807) is 12.1 Å². The maximum Gasteiger partial charge on any atom is 0.262 e. The van der Waals surface area contributed by atoms with Crippen LogP contribution in [0.4, 0.5) is 10.1 Å². The zero-order valence-corrected chi connectivity index (χ0v) is 13.4. The average molecular weight is 403 g/mol. The minimum absolute atomic E-state index is 0.156. The summed E-state index contributed by atoms with van der Waals surface area (Å²) in [5.74, 6) is -0.252. The lowest BCUT2D eigenvalue weighted by Gasteiger charge is -2.09. The van der Waals surface area contributed by atoms with Gasteiger partial charge in [-0.2, -0.15) is 0 Å². The molecule has 0 heterocycles. The van der Waals surface area contributed by atoms with Gasteiger partial charge in [0.2, 0.25) is 0 Å². The van der Waals surface area contributed by atoms with Crippen molar-refractivity contribution in [1.82, 2.24) is 0 Å². The van der Waals surface area contributed by atoms with Gasteiger partial charge in [0.25, 0.3) is 5.91 Å². The van der Waals surface area contributed by atoms with Crippen molar-refractivity contribution in [3.8, 4) is 5.75 Å². The Labute approximate surface area is 132 Å². The van der Waals surface area contributed by atoms with Gasteiger partial charge in [0.1, 0.15) is 11.6 Å². The second kappa shape index (κ2) is 6.85. The van der Waals surface area contributed by atoms with Crippen LogP contribution in [0, 0.1) is 5.82 Å². The van der Waals surface area contributed by atoms with Gasteiger partial charge in [0, 0.05) is 10.2 Å². The highest BCUT2D eigenvalue weighted by Crippen LogP contribution is 2.25. The Morgan fingerprint density at radius 3 is 2.70 bits per heavy atom. The SMILES string of the molecule is O=C(COc1ccc(F)cc1Br)Nc1cccc(Br)c1. The number of hydrogen-bond acceptors (Lipinski definition) is 2. The molecule has 0 aliphatic carbocycles. The van der Waals surface area contributed by atoms with Gasteiger partial charge in [0.05, 0.1) is 4.47 Å². The zero-order chi connectivity index (χ0) is 14.5. The molecule has 1 amide bonds. The normalized spacial score (nSPS) is 10.2. The van der Waals surface area contributed by atoms with E-state index in [-0.39, 0.29) is 18.3 Å². The number of amides is 1. The van der Waals surface area contributed by atoms with Gasteiger partial charge >= 0.3 is 0 Å². The second-order valence-electron chi connectivity index (χ2n) is 3.92. The largest absolute Gasteiger partial charge is 0.483 e. The number of carbonyl (C=O) groups is 1. The van der Waals surface area contributed by atoms with Crippen molar-refractivity contribution in [2.45, 2.75) is 0 Å². The minimum atomic E-state index is -0.372. The monoisotopic (exact) mass is 401 g/mol. The van der Waals surface area contributed by atoms with E-state index in [0.29, 0.717) is 15.9 Å². The Morgan fingerprint density at radius 1 is 1.20 bits per heavy atom. The lowest BCUT2D eigenvalue weighted by atomic mass is 10.3. The average Bonchev–Trinajstić information content (AvgIpc) is 2.37. The topological polar surface area (TPSA) is 38.3 Å². The van der Waals surface area contributed by atoms with Crippen molar-refractivity contribution < 1.29 is 13.9 Å². The first-order chi connectivity index (χ1) is 9.54. The lowest BCUT2D eigenvalue weighted by Crippen LogP contribution is -2.20. The number of benzene rings is 2. The van der Waals surface area contributed by atoms with E-state index in [9.17, 15) is 9.18 Å². The van der Waals surface area contributed by atoms with Crippen LogP contribution in [0.5, 0.6) is 5.75 Å². The van der Waals surface area contributed by atoms with Crippen LogP contribution in [0.3, 0.4) is 0 Å². The van der Waals surface area contributed by atoms with E-state index >= 15 is 0 Å². The molecule has 2 rings (SSSR count). The van der Waals surface area contributed by atoms with E-state index in [0.717, 1.165) is 4.47 Å². The Kier molecular flexibility index (Phi) is 5.14. The summed E-state index contributed by atoms with van der Waals surface area (Å²) >= 11 is 6.49. The van der Waals surface area contributed by atoms with E-state index in [1.165, 1.54) is 18.2 Å². The standard InChI is InChI=1S/C14H10Br2FNO2/c15-9-2-1-3-11(6-9)18-14(19)8-20-13-5-4-10(17)7-12(13)16/h1-7H,8H2,(H,18,19). The molecular weight excluding hydrogens is 393 g/mol. The number of hydrogen-bond donors (Lipinski definition) is 1. The third kappa shape index (κ3) is 4.31. The van der Waals surface area contributed by atoms with Crippen molar-refractivity contribution in [2.24, 2.45) is 0 Å². The first-order valence-corrected chi connectivity index (χ1v) is 7.26. The Morgan fingerprint density at radius 2 is 2.00 bits per heavy atom. The first-order valence-electron chi connectivity index (χ1n) is 5.68. The van der Waals surface area contributed by atoms with Crippen LogP contribution < -0.4 is 10.1 Å². The van der Waals surface area contributed by atoms with Gasteiger partial charge in [-0.1, -0.05) is 22.0 Å². The van der Waals surface area contributed by atoms with Crippen molar-refractivity contribution in [3.63, 3.8) is 0 Å². The molecule has 0 atom stereocenters. The molecule has 1 N–H and O–H groups in total. The number of halogens is 3. The highest BCUT2D eigenvalue weighted by molar-refractivity contribution is 9.10. The van der Waals surface area contributed by atoms with E-state index < -0.39 is 0 Å². The van der Waals surface area contributed by atoms with Crippen molar-refractivity contribution in [2.75, 3.05) is 11.9 Å². The molecule has 0 unspecified atom stereocenters. The highest BCUT2D eigenvalue weighted by Gasteiger charge is 2.07. The van der Waals surface area contributed by atoms with Gasteiger partial charge < -0.3 is 10.1 Å². The van der Waals surface area contributed by atoms with Gasteiger partial charge in [-0.05, 0) is 52.3 Å². The summed E-state index contributed by atoms with van der Waals surface area (Å²) in [4.78, 5) is 11.7. The smallest absolute Gasteiger partial charge is 0.262 e. The first kappa shape index (κ1) is 15.0. The maximum absolute atomic E-state index is 12.9. The van der Waals surface area contributed by atoms with Crippen molar-refractivity contribution in [3.05, 3.63) is 57.2 Å². The van der Waals surface area contributed by atoms with E-state index in [2.05, 4.69) is 37.2 Å². The number of carbonyl (C=O) groups excluding carboxylic acids is 1. The summed E-state index contributed by atoms with van der Waals surface area (Å²) in [5.41, 5.74) is 0.672. The van der Waals surface area contributed by atoms with Crippen LogP contribution in [0.1, 0.15) is 0 Å². The number of rotatable bonds is 4. The van der Waals surface area contributed by atoms with Crippen LogP contribution in [0.25, 0.3) is 0 Å². The molecular formula is C14H10Br2FNO2. The van der Waals surface area contributed by atoms with Gasteiger partial charge in [0.15, 0.2) is 6.61 Å². The van der Waals surface area contributed by atoms with Crippen LogP contribution in [-0.2, 0) is 4.79 Å². The van der Waals surface area contributed by atoms with Crippen LogP contribution in [0.15, 0.2) is 51.4 Å². The Bertz CT molecular complexity index is 634. The molecule has 2 aromatic carbocycles. The predicted molar refractivity (Wildman–Crippen MR) is 82.4 cm³/mol. The summed E-state index contributed by atoms with van der Waals surface area (Å²) in [7, 11) is 0. The Balaban J connectivity index is 1.92. The summed E-state index contributed by atoms with van der Waals surface area (Å²) in [6.07, 6.45) is 0. The molecule has 2 aromatic rings. The molecule has 0 saturated heterocycles. The third-order valence-corrected chi connectivity index (χ3v) is 3.47. The van der Waals surface area contributed by atoms with Gasteiger partial charge in [-0.3, -0.25) is 4.79 Å². The summed E-state index contributed by atoms with van der Waals surface area (Å²) in [6.45, 7) is -0.156. The van der Waals surface area contributed by atoms with E-state index in [1.807, 2.05) is 12.1 Å². The fraction of sp³-hybridized carbons (Fsp3) is 0.0714.